The highest BCUT2D eigenvalue weighted by atomic mass is 32.2. The van der Waals surface area contributed by atoms with Gasteiger partial charge in [0, 0.05) is 38.8 Å². The normalized spacial score (nSPS) is 18.6. The van der Waals surface area contributed by atoms with Crippen LogP contribution in [0.5, 0.6) is 5.75 Å². The highest BCUT2D eigenvalue weighted by Gasteiger charge is 2.23. The number of ether oxygens (including phenoxy) is 1. The topological polar surface area (TPSA) is 90.9 Å². The summed E-state index contributed by atoms with van der Waals surface area (Å²) in [6.07, 6.45) is -0.407. The van der Waals surface area contributed by atoms with E-state index in [0.29, 0.717) is 23.9 Å². The highest BCUT2D eigenvalue weighted by molar-refractivity contribution is 7.89. The van der Waals surface area contributed by atoms with Gasteiger partial charge in [-0.3, -0.25) is 4.90 Å². The van der Waals surface area contributed by atoms with Crippen molar-refractivity contribution in [3.05, 3.63) is 59.4 Å². The number of sulfonamides is 1. The molecular weight excluding hydrogens is 421 g/mol. The van der Waals surface area contributed by atoms with E-state index in [1.54, 1.807) is 25.1 Å². The summed E-state index contributed by atoms with van der Waals surface area (Å²) >= 11 is 0. The fourth-order valence-electron chi connectivity index (χ4n) is 3.56. The Bertz CT molecular complexity index is 969. The molecule has 2 aromatic rings. The summed E-state index contributed by atoms with van der Waals surface area (Å²) in [5.74, 6) is 0.214. The van der Waals surface area contributed by atoms with Crippen molar-refractivity contribution in [2.75, 3.05) is 39.3 Å². The standard InChI is InChI=1S/C22H30FN3O4S/c1-16-3-4-18(13-21(16)23)22(15-26-11-9-24-17(2)14-26)30-19-5-7-20(8-6-19)31(28,29)25-10-12-27/h3-8,13,17,22,24-25,27H,9-12,14-15H2,1-2H3/t17-,22-/m1/s1. The van der Waals surface area contributed by atoms with Gasteiger partial charge in [0.05, 0.1) is 11.5 Å². The molecule has 170 valence electrons. The van der Waals surface area contributed by atoms with Gasteiger partial charge in [0.1, 0.15) is 17.7 Å². The van der Waals surface area contributed by atoms with Crippen LogP contribution in [0.1, 0.15) is 24.2 Å². The Morgan fingerprint density at radius 3 is 2.68 bits per heavy atom. The monoisotopic (exact) mass is 451 g/mol. The Hall–Kier alpha value is -2.04. The molecule has 3 N–H and O–H groups in total. The lowest BCUT2D eigenvalue weighted by Crippen LogP contribution is -2.50. The van der Waals surface area contributed by atoms with Gasteiger partial charge in [0.15, 0.2) is 0 Å². The van der Waals surface area contributed by atoms with Crippen LogP contribution in [0.2, 0.25) is 0 Å². The van der Waals surface area contributed by atoms with Crippen molar-refractivity contribution in [1.29, 1.82) is 0 Å². The molecule has 2 aromatic carbocycles. The van der Waals surface area contributed by atoms with Gasteiger partial charge in [-0.05, 0) is 55.3 Å². The lowest BCUT2D eigenvalue weighted by molar-refractivity contribution is 0.112. The quantitative estimate of drug-likeness (QED) is 0.539. The highest BCUT2D eigenvalue weighted by Crippen LogP contribution is 2.26. The van der Waals surface area contributed by atoms with Gasteiger partial charge in [-0.25, -0.2) is 17.5 Å². The Morgan fingerprint density at radius 1 is 1.29 bits per heavy atom. The van der Waals surface area contributed by atoms with E-state index >= 15 is 0 Å². The number of halogens is 1. The van der Waals surface area contributed by atoms with Gasteiger partial charge in [-0.2, -0.15) is 0 Å². The molecule has 0 unspecified atom stereocenters. The van der Waals surface area contributed by atoms with Crippen molar-refractivity contribution >= 4 is 10.0 Å². The van der Waals surface area contributed by atoms with E-state index < -0.39 is 16.1 Å². The maximum atomic E-state index is 14.2. The first-order chi connectivity index (χ1) is 14.8. The summed E-state index contributed by atoms with van der Waals surface area (Å²) in [5.41, 5.74) is 1.30. The number of aliphatic hydroxyl groups is 1. The molecule has 1 saturated heterocycles. The molecular formula is C22H30FN3O4S. The van der Waals surface area contributed by atoms with Crippen molar-refractivity contribution in [1.82, 2.24) is 14.9 Å². The molecule has 9 heteroatoms. The lowest BCUT2D eigenvalue weighted by atomic mass is 10.1. The molecule has 0 spiro atoms. The Balaban J connectivity index is 1.79. The third-order valence-electron chi connectivity index (χ3n) is 5.26. The van der Waals surface area contributed by atoms with Crippen LogP contribution in [0.4, 0.5) is 4.39 Å². The van der Waals surface area contributed by atoms with E-state index in [-0.39, 0.29) is 23.9 Å². The van der Waals surface area contributed by atoms with Crippen molar-refractivity contribution < 1.29 is 22.7 Å². The maximum absolute atomic E-state index is 14.2. The molecule has 3 rings (SSSR count). The summed E-state index contributed by atoms with van der Waals surface area (Å²) in [6, 6.07) is 11.6. The summed E-state index contributed by atoms with van der Waals surface area (Å²) in [6.45, 7) is 6.71. The van der Waals surface area contributed by atoms with Crippen LogP contribution < -0.4 is 14.8 Å². The molecule has 0 bridgehead atoms. The summed E-state index contributed by atoms with van der Waals surface area (Å²) in [4.78, 5) is 2.36. The zero-order chi connectivity index (χ0) is 22.4. The van der Waals surface area contributed by atoms with Crippen molar-refractivity contribution in [3.8, 4) is 5.75 Å². The van der Waals surface area contributed by atoms with Gasteiger partial charge in [-0.1, -0.05) is 12.1 Å². The number of hydrogen-bond acceptors (Lipinski definition) is 6. The molecule has 1 fully saturated rings. The largest absolute Gasteiger partial charge is 0.484 e. The second-order valence-corrected chi connectivity index (χ2v) is 9.59. The first-order valence-electron chi connectivity index (χ1n) is 10.4. The van der Waals surface area contributed by atoms with Gasteiger partial charge < -0.3 is 15.2 Å². The molecule has 1 heterocycles. The number of aliphatic hydroxyl groups excluding tert-OH is 1. The number of benzene rings is 2. The van der Waals surface area contributed by atoms with Crippen LogP contribution in [0.25, 0.3) is 0 Å². The van der Waals surface area contributed by atoms with E-state index in [4.69, 9.17) is 9.84 Å². The molecule has 0 aromatic heterocycles. The third kappa shape index (κ3) is 6.47. The number of aryl methyl sites for hydroxylation is 1. The molecule has 0 saturated carbocycles. The predicted molar refractivity (Wildman–Crippen MR) is 117 cm³/mol. The van der Waals surface area contributed by atoms with Crippen LogP contribution in [0.15, 0.2) is 47.4 Å². The average molecular weight is 452 g/mol. The molecule has 1 aliphatic heterocycles. The minimum atomic E-state index is -3.69. The zero-order valence-electron chi connectivity index (χ0n) is 17.8. The Morgan fingerprint density at radius 2 is 2.03 bits per heavy atom. The van der Waals surface area contributed by atoms with Crippen molar-refractivity contribution in [2.24, 2.45) is 0 Å². The summed E-state index contributed by atoms with van der Waals surface area (Å²) in [7, 11) is -3.69. The number of nitrogens with one attached hydrogen (secondary N) is 2. The molecule has 0 amide bonds. The maximum Gasteiger partial charge on any atom is 0.240 e. The molecule has 31 heavy (non-hydrogen) atoms. The second-order valence-electron chi connectivity index (χ2n) is 7.82. The SMILES string of the molecule is Cc1ccc([C@@H](CN2CCN[C@H](C)C2)Oc2ccc(S(=O)(=O)NCCO)cc2)cc1F. The van der Waals surface area contributed by atoms with Crippen LogP contribution in [0.3, 0.4) is 0 Å². The smallest absolute Gasteiger partial charge is 0.240 e. The van der Waals surface area contributed by atoms with Gasteiger partial charge in [0.2, 0.25) is 10.0 Å². The van der Waals surface area contributed by atoms with Crippen molar-refractivity contribution in [3.63, 3.8) is 0 Å². The van der Waals surface area contributed by atoms with Crippen LogP contribution in [0, 0.1) is 12.7 Å². The molecule has 0 radical (unpaired) electrons. The number of piperazine rings is 1. The van der Waals surface area contributed by atoms with Gasteiger partial charge >= 0.3 is 0 Å². The fraction of sp³-hybridized carbons (Fsp3) is 0.455. The minimum Gasteiger partial charge on any atom is -0.484 e. The summed E-state index contributed by atoms with van der Waals surface area (Å²) in [5, 5.41) is 12.2. The minimum absolute atomic E-state index is 0.0508. The van der Waals surface area contributed by atoms with E-state index in [1.165, 1.54) is 18.2 Å². The Kier molecular flexibility index (Phi) is 8.01. The molecule has 2 atom stereocenters. The van der Waals surface area contributed by atoms with Crippen LogP contribution >= 0.6 is 0 Å². The number of hydrogen-bond donors (Lipinski definition) is 3. The lowest BCUT2D eigenvalue weighted by Gasteiger charge is -2.34. The molecule has 7 nitrogen and oxygen atoms in total. The molecule has 0 aliphatic carbocycles. The zero-order valence-corrected chi connectivity index (χ0v) is 18.7. The molecule has 1 aliphatic rings. The first kappa shape index (κ1) is 23.6. The van der Waals surface area contributed by atoms with E-state index in [9.17, 15) is 12.8 Å². The van der Waals surface area contributed by atoms with E-state index in [0.717, 1.165) is 25.2 Å². The van der Waals surface area contributed by atoms with Gasteiger partial charge in [0.25, 0.3) is 0 Å². The number of rotatable bonds is 9. The van der Waals surface area contributed by atoms with Gasteiger partial charge in [-0.15, -0.1) is 0 Å². The third-order valence-corrected chi connectivity index (χ3v) is 6.74. The van der Waals surface area contributed by atoms with Crippen molar-refractivity contribution in [2.45, 2.75) is 30.9 Å². The van der Waals surface area contributed by atoms with Crippen LogP contribution in [-0.2, 0) is 10.0 Å². The first-order valence-corrected chi connectivity index (χ1v) is 11.9. The fourth-order valence-corrected chi connectivity index (χ4v) is 4.58. The van der Waals surface area contributed by atoms with E-state index in [1.807, 2.05) is 6.07 Å². The Labute approximate surface area is 183 Å². The number of nitrogens with zero attached hydrogens (tertiary/aromatic N) is 1. The van der Waals surface area contributed by atoms with Crippen LogP contribution in [-0.4, -0.2) is 63.8 Å². The van der Waals surface area contributed by atoms with E-state index in [2.05, 4.69) is 21.9 Å². The second kappa shape index (κ2) is 10.5. The average Bonchev–Trinajstić information content (AvgIpc) is 2.74. The summed E-state index contributed by atoms with van der Waals surface area (Å²) < 4.78 is 47.1. The predicted octanol–water partition coefficient (Wildman–Crippen LogP) is 1.82.